The van der Waals surface area contributed by atoms with Crippen LogP contribution in [0.1, 0.15) is 19.4 Å². The van der Waals surface area contributed by atoms with Crippen molar-refractivity contribution in [3.05, 3.63) is 29.8 Å². The summed E-state index contributed by atoms with van der Waals surface area (Å²) in [5.74, 6) is -0.0248. The van der Waals surface area contributed by atoms with Crippen LogP contribution in [0.25, 0.3) is 0 Å². The highest BCUT2D eigenvalue weighted by Crippen LogP contribution is 2.27. The number of likely N-dealkylation sites (N-methyl/N-ethyl adjacent to an activating group) is 1. The maximum atomic E-state index is 12.2. The second kappa shape index (κ2) is 4.93. The minimum atomic E-state index is -0.768. The summed E-state index contributed by atoms with van der Waals surface area (Å²) in [6.07, 6.45) is 0.981. The van der Waals surface area contributed by atoms with Gasteiger partial charge in [-0.2, -0.15) is 5.26 Å². The van der Waals surface area contributed by atoms with Crippen molar-refractivity contribution >= 4 is 11.6 Å². The third-order valence-corrected chi connectivity index (χ3v) is 3.80. The number of carbonyl (C=O) groups excluding carboxylic acids is 1. The number of para-hydroxylation sites is 1. The van der Waals surface area contributed by atoms with E-state index in [1.807, 2.05) is 18.2 Å². The monoisotopic (exact) mass is 257 g/mol. The molecule has 4 nitrogen and oxygen atoms in total. The summed E-state index contributed by atoms with van der Waals surface area (Å²) in [6.45, 7) is 4.70. The average Bonchev–Trinajstić information content (AvgIpc) is 2.81. The zero-order valence-electron chi connectivity index (χ0n) is 11.7. The van der Waals surface area contributed by atoms with Gasteiger partial charge in [-0.15, -0.1) is 0 Å². The number of hydrogen-bond acceptors (Lipinski definition) is 3. The summed E-state index contributed by atoms with van der Waals surface area (Å²) in [5.41, 5.74) is 1.66. The number of amides is 1. The molecule has 0 atom stereocenters. The molecule has 1 aromatic rings. The summed E-state index contributed by atoms with van der Waals surface area (Å²) in [5, 5.41) is 9.07. The first-order valence-electron chi connectivity index (χ1n) is 6.46. The Kier molecular flexibility index (Phi) is 3.48. The van der Waals surface area contributed by atoms with Crippen LogP contribution < -0.4 is 4.90 Å². The smallest absolute Gasteiger partial charge is 0.243 e. The van der Waals surface area contributed by atoms with Gasteiger partial charge in [-0.05, 0) is 31.9 Å². The van der Waals surface area contributed by atoms with Crippen molar-refractivity contribution in [2.75, 3.05) is 25.0 Å². The predicted molar refractivity (Wildman–Crippen MR) is 74.8 cm³/mol. The van der Waals surface area contributed by atoms with E-state index >= 15 is 0 Å². The maximum absolute atomic E-state index is 12.2. The minimum absolute atomic E-state index is 0.0248. The van der Waals surface area contributed by atoms with E-state index in [1.54, 1.807) is 20.9 Å². The van der Waals surface area contributed by atoms with E-state index in [0.717, 1.165) is 18.7 Å². The van der Waals surface area contributed by atoms with E-state index in [-0.39, 0.29) is 5.91 Å². The van der Waals surface area contributed by atoms with Crippen molar-refractivity contribution < 1.29 is 4.79 Å². The third kappa shape index (κ3) is 2.55. The summed E-state index contributed by atoms with van der Waals surface area (Å²) in [7, 11) is 1.69. The van der Waals surface area contributed by atoms with Gasteiger partial charge in [-0.25, -0.2) is 0 Å². The Hall–Kier alpha value is -2.02. The molecule has 100 valence electrons. The highest BCUT2D eigenvalue weighted by Gasteiger charge is 2.29. The van der Waals surface area contributed by atoms with Gasteiger partial charge in [-0.1, -0.05) is 18.2 Å². The fraction of sp³-hybridized carbons (Fsp3) is 0.467. The summed E-state index contributed by atoms with van der Waals surface area (Å²) in [4.78, 5) is 15.9. The van der Waals surface area contributed by atoms with Crippen LogP contribution in [0.3, 0.4) is 0 Å². The average molecular weight is 257 g/mol. The van der Waals surface area contributed by atoms with E-state index in [1.165, 1.54) is 10.5 Å². The molecule has 0 fully saturated rings. The molecule has 0 spiro atoms. The van der Waals surface area contributed by atoms with Gasteiger partial charge >= 0.3 is 0 Å². The van der Waals surface area contributed by atoms with Crippen LogP contribution in [0, 0.1) is 11.3 Å². The molecule has 0 aliphatic carbocycles. The van der Waals surface area contributed by atoms with E-state index in [4.69, 9.17) is 5.26 Å². The first-order chi connectivity index (χ1) is 8.95. The van der Waals surface area contributed by atoms with E-state index in [0.29, 0.717) is 6.54 Å². The number of anilines is 1. The van der Waals surface area contributed by atoms with Crippen LogP contribution in [0.4, 0.5) is 5.69 Å². The second-order valence-electron chi connectivity index (χ2n) is 5.42. The quantitative estimate of drug-likeness (QED) is 0.829. The lowest BCUT2D eigenvalue weighted by molar-refractivity contribution is -0.131. The maximum Gasteiger partial charge on any atom is 0.243 e. The Labute approximate surface area is 114 Å². The number of rotatable bonds is 3. The van der Waals surface area contributed by atoms with Gasteiger partial charge in [0.05, 0.1) is 12.6 Å². The molecular formula is C15H19N3O. The lowest BCUT2D eigenvalue weighted by Gasteiger charge is -2.31. The number of nitrogens with zero attached hydrogens (tertiary/aromatic N) is 3. The minimum Gasteiger partial charge on any atom is -0.362 e. The van der Waals surface area contributed by atoms with Gasteiger partial charge in [0.1, 0.15) is 5.54 Å². The van der Waals surface area contributed by atoms with Crippen molar-refractivity contribution in [3.63, 3.8) is 0 Å². The Bertz CT molecular complexity index is 530. The Morgan fingerprint density at radius 3 is 2.84 bits per heavy atom. The molecule has 19 heavy (non-hydrogen) atoms. The Balaban J connectivity index is 2.08. The highest BCUT2D eigenvalue weighted by molar-refractivity contribution is 5.83. The van der Waals surface area contributed by atoms with Crippen LogP contribution >= 0.6 is 0 Å². The molecule has 1 aromatic carbocycles. The van der Waals surface area contributed by atoms with Crippen LogP contribution in [0.15, 0.2) is 24.3 Å². The van der Waals surface area contributed by atoms with E-state index < -0.39 is 5.54 Å². The van der Waals surface area contributed by atoms with Gasteiger partial charge in [-0.3, -0.25) is 4.79 Å². The molecule has 0 unspecified atom stereocenters. The summed E-state index contributed by atoms with van der Waals surface area (Å²) < 4.78 is 0. The third-order valence-electron chi connectivity index (χ3n) is 3.80. The fourth-order valence-electron chi connectivity index (χ4n) is 2.23. The van der Waals surface area contributed by atoms with Crippen molar-refractivity contribution in [2.24, 2.45) is 0 Å². The van der Waals surface area contributed by atoms with Crippen LogP contribution in [-0.2, 0) is 11.2 Å². The fourth-order valence-corrected chi connectivity index (χ4v) is 2.23. The lowest BCUT2D eigenvalue weighted by atomic mass is 10.1. The summed E-state index contributed by atoms with van der Waals surface area (Å²) >= 11 is 0. The number of fused-ring (bicyclic) bond motifs is 1. The van der Waals surface area contributed by atoms with E-state index in [9.17, 15) is 4.79 Å². The molecule has 0 saturated heterocycles. The Morgan fingerprint density at radius 1 is 1.47 bits per heavy atom. The van der Waals surface area contributed by atoms with Crippen LogP contribution in [0.5, 0.6) is 0 Å². The number of carbonyl (C=O) groups is 1. The van der Waals surface area contributed by atoms with Gasteiger partial charge in [0.2, 0.25) is 5.91 Å². The summed E-state index contributed by atoms with van der Waals surface area (Å²) in [6, 6.07) is 10.3. The number of nitriles is 1. The molecule has 2 rings (SSSR count). The molecule has 0 bridgehead atoms. The largest absolute Gasteiger partial charge is 0.362 e. The number of benzene rings is 1. The van der Waals surface area contributed by atoms with Gasteiger partial charge in [0.25, 0.3) is 0 Å². The van der Waals surface area contributed by atoms with Crippen molar-refractivity contribution in [2.45, 2.75) is 25.8 Å². The van der Waals surface area contributed by atoms with Crippen LogP contribution in [0.2, 0.25) is 0 Å². The van der Waals surface area contributed by atoms with Gasteiger partial charge < -0.3 is 9.80 Å². The second-order valence-corrected chi connectivity index (χ2v) is 5.42. The molecule has 1 aliphatic rings. The Morgan fingerprint density at radius 2 is 2.16 bits per heavy atom. The SMILES string of the molecule is CN(C(=O)CN1CCc2ccccc21)C(C)(C)C#N. The molecular weight excluding hydrogens is 238 g/mol. The topological polar surface area (TPSA) is 47.3 Å². The molecule has 0 radical (unpaired) electrons. The standard InChI is InChI=1S/C15H19N3O/c1-15(2,11-16)17(3)14(19)10-18-9-8-12-6-4-5-7-13(12)18/h4-7H,8-10H2,1-3H3. The number of hydrogen-bond donors (Lipinski definition) is 0. The zero-order valence-corrected chi connectivity index (χ0v) is 11.7. The zero-order chi connectivity index (χ0) is 14.0. The van der Waals surface area contributed by atoms with Crippen molar-refractivity contribution in [1.29, 1.82) is 5.26 Å². The van der Waals surface area contributed by atoms with Gasteiger partial charge in [0, 0.05) is 19.3 Å². The molecule has 4 heteroatoms. The highest BCUT2D eigenvalue weighted by atomic mass is 16.2. The molecule has 0 N–H and O–H groups in total. The first-order valence-corrected chi connectivity index (χ1v) is 6.46. The van der Waals surface area contributed by atoms with E-state index in [2.05, 4.69) is 17.0 Å². The molecule has 1 aliphatic heterocycles. The molecule has 1 heterocycles. The van der Waals surface area contributed by atoms with Gasteiger partial charge in [0.15, 0.2) is 0 Å². The first kappa shape index (κ1) is 13.4. The molecule has 0 aromatic heterocycles. The molecule has 0 saturated carbocycles. The van der Waals surface area contributed by atoms with Crippen molar-refractivity contribution in [1.82, 2.24) is 4.90 Å². The predicted octanol–water partition coefficient (Wildman–Crippen LogP) is 1.81. The normalized spacial score (nSPS) is 13.9. The lowest BCUT2D eigenvalue weighted by Crippen LogP contribution is -2.48. The molecule has 1 amide bonds. The van der Waals surface area contributed by atoms with Crippen LogP contribution in [-0.4, -0.2) is 36.5 Å². The van der Waals surface area contributed by atoms with Crippen molar-refractivity contribution in [3.8, 4) is 6.07 Å².